The summed E-state index contributed by atoms with van der Waals surface area (Å²) in [4.78, 5) is 8.67. The van der Waals surface area contributed by atoms with Gasteiger partial charge in [-0.1, -0.05) is 44.7 Å². The van der Waals surface area contributed by atoms with Gasteiger partial charge < -0.3 is 10.1 Å². The van der Waals surface area contributed by atoms with Crippen molar-refractivity contribution < 1.29 is 4.74 Å². The average molecular weight is 298 g/mol. The molecular weight excluding hydrogens is 274 g/mol. The average Bonchev–Trinajstić information content (AvgIpc) is 2.44. The van der Waals surface area contributed by atoms with Crippen LogP contribution in [0.3, 0.4) is 0 Å². The maximum Gasteiger partial charge on any atom is 0.135 e. The van der Waals surface area contributed by atoms with Crippen molar-refractivity contribution in [2.45, 2.75) is 58.0 Å². The Balaban J connectivity index is 1.75. The molecule has 1 aromatic rings. The van der Waals surface area contributed by atoms with Crippen molar-refractivity contribution >= 4 is 17.4 Å². The molecule has 0 radical (unpaired) electrons. The Morgan fingerprint density at radius 3 is 2.75 bits per heavy atom. The third-order valence-corrected chi connectivity index (χ3v) is 3.74. The second-order valence-corrected chi connectivity index (χ2v) is 6.03. The van der Waals surface area contributed by atoms with Crippen LogP contribution >= 0.6 is 11.6 Å². The lowest BCUT2D eigenvalue weighted by Crippen LogP contribution is -2.20. The Labute approximate surface area is 126 Å². The summed E-state index contributed by atoms with van der Waals surface area (Å²) in [6.07, 6.45) is 6.82. The smallest absolute Gasteiger partial charge is 0.135 e. The van der Waals surface area contributed by atoms with Crippen molar-refractivity contribution in [3.8, 4) is 0 Å². The van der Waals surface area contributed by atoms with Crippen LogP contribution in [0.15, 0.2) is 6.07 Å². The standard InChI is InChI=1S/C15H24ClN3O/c1-11(2)15-18-13(16)10-14(19-15)17-8-9-20-12-6-4-3-5-7-12/h10-12H,3-9H2,1-2H3,(H,17,18,19). The van der Waals surface area contributed by atoms with Crippen LogP contribution in [-0.2, 0) is 4.74 Å². The summed E-state index contributed by atoms with van der Waals surface area (Å²) in [6.45, 7) is 5.58. The molecule has 0 aliphatic heterocycles. The minimum absolute atomic E-state index is 0.271. The first kappa shape index (κ1) is 15.5. The van der Waals surface area contributed by atoms with Crippen LogP contribution in [0, 0.1) is 0 Å². The van der Waals surface area contributed by atoms with Crippen molar-refractivity contribution in [2.75, 3.05) is 18.5 Å². The molecule has 0 aromatic carbocycles. The summed E-state index contributed by atoms with van der Waals surface area (Å²) in [7, 11) is 0. The second kappa shape index (κ2) is 7.79. The van der Waals surface area contributed by atoms with Gasteiger partial charge in [-0.15, -0.1) is 0 Å². The molecule has 1 aliphatic carbocycles. The molecule has 4 nitrogen and oxygen atoms in total. The molecule has 0 amide bonds. The lowest BCUT2D eigenvalue weighted by molar-refractivity contribution is 0.0347. The first-order valence-electron chi connectivity index (χ1n) is 7.55. The van der Waals surface area contributed by atoms with Crippen LogP contribution in [-0.4, -0.2) is 29.2 Å². The lowest BCUT2D eigenvalue weighted by atomic mass is 9.98. The van der Waals surface area contributed by atoms with E-state index in [1.165, 1.54) is 32.1 Å². The van der Waals surface area contributed by atoms with Gasteiger partial charge >= 0.3 is 0 Å². The zero-order valence-electron chi connectivity index (χ0n) is 12.4. The first-order chi connectivity index (χ1) is 9.65. The fraction of sp³-hybridized carbons (Fsp3) is 0.733. The van der Waals surface area contributed by atoms with Crippen LogP contribution in [0.1, 0.15) is 57.7 Å². The maximum atomic E-state index is 6.01. The van der Waals surface area contributed by atoms with Crippen LogP contribution < -0.4 is 5.32 Å². The van der Waals surface area contributed by atoms with Gasteiger partial charge in [-0.25, -0.2) is 9.97 Å². The van der Waals surface area contributed by atoms with E-state index in [1.54, 1.807) is 6.07 Å². The topological polar surface area (TPSA) is 47.0 Å². The Bertz CT molecular complexity index is 420. The summed E-state index contributed by atoms with van der Waals surface area (Å²) < 4.78 is 5.87. The van der Waals surface area contributed by atoms with Crippen molar-refractivity contribution in [2.24, 2.45) is 0 Å². The number of hydrogen-bond donors (Lipinski definition) is 1. The van der Waals surface area contributed by atoms with Crippen LogP contribution in [0.25, 0.3) is 0 Å². The Morgan fingerprint density at radius 2 is 2.05 bits per heavy atom. The summed E-state index contributed by atoms with van der Waals surface area (Å²) >= 11 is 6.01. The molecule has 0 saturated heterocycles. The molecule has 1 heterocycles. The molecule has 0 bridgehead atoms. The van der Waals surface area contributed by atoms with Gasteiger partial charge in [0.1, 0.15) is 16.8 Å². The predicted molar refractivity (Wildman–Crippen MR) is 82.4 cm³/mol. The largest absolute Gasteiger partial charge is 0.376 e. The van der Waals surface area contributed by atoms with Crippen LogP contribution in [0.5, 0.6) is 0 Å². The van der Waals surface area contributed by atoms with E-state index < -0.39 is 0 Å². The van der Waals surface area contributed by atoms with Gasteiger partial charge in [0, 0.05) is 18.5 Å². The number of ether oxygens (including phenoxy) is 1. The molecule has 2 rings (SSSR count). The molecule has 20 heavy (non-hydrogen) atoms. The molecule has 0 atom stereocenters. The van der Waals surface area contributed by atoms with Gasteiger partial charge in [0.05, 0.1) is 12.7 Å². The number of hydrogen-bond acceptors (Lipinski definition) is 4. The SMILES string of the molecule is CC(C)c1nc(Cl)cc(NCCOC2CCCCC2)n1. The monoisotopic (exact) mass is 297 g/mol. The minimum Gasteiger partial charge on any atom is -0.376 e. The van der Waals surface area contributed by atoms with E-state index in [4.69, 9.17) is 16.3 Å². The van der Waals surface area contributed by atoms with Crippen molar-refractivity contribution in [3.63, 3.8) is 0 Å². The molecule has 5 heteroatoms. The Morgan fingerprint density at radius 1 is 1.30 bits per heavy atom. The fourth-order valence-corrected chi connectivity index (χ4v) is 2.61. The van der Waals surface area contributed by atoms with E-state index in [-0.39, 0.29) is 5.92 Å². The highest BCUT2D eigenvalue weighted by molar-refractivity contribution is 6.29. The number of nitrogens with zero attached hydrogens (tertiary/aromatic N) is 2. The van der Waals surface area contributed by atoms with E-state index in [2.05, 4.69) is 29.1 Å². The molecule has 1 saturated carbocycles. The third-order valence-electron chi connectivity index (χ3n) is 3.54. The molecular formula is C15H24ClN3O. The van der Waals surface area contributed by atoms with Gasteiger partial charge in [0.25, 0.3) is 0 Å². The van der Waals surface area contributed by atoms with Crippen molar-refractivity contribution in [1.82, 2.24) is 9.97 Å². The van der Waals surface area contributed by atoms with Gasteiger partial charge in [-0.3, -0.25) is 0 Å². The van der Waals surface area contributed by atoms with Gasteiger partial charge in [-0.05, 0) is 12.8 Å². The third kappa shape index (κ3) is 4.91. The van der Waals surface area contributed by atoms with E-state index >= 15 is 0 Å². The van der Waals surface area contributed by atoms with E-state index in [1.807, 2.05) is 0 Å². The number of halogens is 1. The van der Waals surface area contributed by atoms with E-state index in [9.17, 15) is 0 Å². The van der Waals surface area contributed by atoms with Gasteiger partial charge in [-0.2, -0.15) is 0 Å². The fourth-order valence-electron chi connectivity index (χ4n) is 2.42. The Hall–Kier alpha value is -0.870. The minimum atomic E-state index is 0.271. The van der Waals surface area contributed by atoms with Crippen molar-refractivity contribution in [3.05, 3.63) is 17.0 Å². The second-order valence-electron chi connectivity index (χ2n) is 5.65. The predicted octanol–water partition coefficient (Wildman–Crippen LogP) is 4.01. The van der Waals surface area contributed by atoms with Crippen molar-refractivity contribution in [1.29, 1.82) is 0 Å². The molecule has 0 unspecified atom stereocenters. The number of nitrogens with one attached hydrogen (secondary N) is 1. The van der Waals surface area contributed by atoms with Crippen LogP contribution in [0.4, 0.5) is 5.82 Å². The highest BCUT2D eigenvalue weighted by Crippen LogP contribution is 2.20. The molecule has 1 fully saturated rings. The summed E-state index contributed by atoms with van der Waals surface area (Å²) in [6, 6.07) is 1.76. The summed E-state index contributed by atoms with van der Waals surface area (Å²) in [5.74, 6) is 1.82. The highest BCUT2D eigenvalue weighted by Gasteiger charge is 2.13. The zero-order chi connectivity index (χ0) is 14.4. The van der Waals surface area contributed by atoms with Crippen LogP contribution in [0.2, 0.25) is 5.15 Å². The number of rotatable bonds is 6. The van der Waals surface area contributed by atoms with Gasteiger partial charge in [0.2, 0.25) is 0 Å². The van der Waals surface area contributed by atoms with Gasteiger partial charge in [0.15, 0.2) is 0 Å². The normalized spacial score (nSPS) is 16.6. The summed E-state index contributed by atoms with van der Waals surface area (Å²) in [5.41, 5.74) is 0. The number of anilines is 1. The molecule has 1 aliphatic rings. The zero-order valence-corrected chi connectivity index (χ0v) is 13.1. The number of aromatic nitrogens is 2. The molecule has 1 aromatic heterocycles. The van der Waals surface area contributed by atoms with E-state index in [0.717, 1.165) is 18.2 Å². The molecule has 112 valence electrons. The highest BCUT2D eigenvalue weighted by atomic mass is 35.5. The Kier molecular flexibility index (Phi) is 6.05. The van der Waals surface area contributed by atoms with E-state index in [0.29, 0.717) is 17.9 Å². The first-order valence-corrected chi connectivity index (χ1v) is 7.93. The lowest BCUT2D eigenvalue weighted by Gasteiger charge is -2.22. The summed E-state index contributed by atoms with van der Waals surface area (Å²) in [5, 5.41) is 3.75. The molecule has 1 N–H and O–H groups in total. The molecule has 0 spiro atoms. The maximum absolute atomic E-state index is 6.01. The quantitative estimate of drug-likeness (QED) is 0.636.